The maximum absolute atomic E-state index is 5.75. The van der Waals surface area contributed by atoms with Gasteiger partial charge in [-0.1, -0.05) is 5.92 Å². The summed E-state index contributed by atoms with van der Waals surface area (Å²) in [6, 6.07) is 0. The third-order valence-corrected chi connectivity index (χ3v) is 2.72. The van der Waals surface area contributed by atoms with E-state index in [-0.39, 0.29) is 0 Å². The van der Waals surface area contributed by atoms with Crippen LogP contribution in [-0.2, 0) is 6.54 Å². The minimum Gasteiger partial charge on any atom is -0.383 e. The van der Waals surface area contributed by atoms with Crippen LogP contribution in [-0.4, -0.2) is 14.5 Å². The lowest BCUT2D eigenvalue weighted by Crippen LogP contribution is -1.97. The van der Waals surface area contributed by atoms with Crippen molar-refractivity contribution >= 4 is 39.4 Å². The molecule has 0 saturated heterocycles. The minimum absolute atomic E-state index is 0.496. The molecule has 0 aliphatic heterocycles. The molecular formula is C9H7IN4. The van der Waals surface area contributed by atoms with Crippen LogP contribution < -0.4 is 5.73 Å². The summed E-state index contributed by atoms with van der Waals surface area (Å²) >= 11 is 2.19. The number of rotatable bonds is 1. The molecule has 70 valence electrons. The van der Waals surface area contributed by atoms with E-state index in [9.17, 15) is 0 Å². The van der Waals surface area contributed by atoms with E-state index in [1.54, 1.807) is 0 Å². The monoisotopic (exact) mass is 298 g/mol. The standard InChI is InChI=1S/C9H7IN4/c1-2-3-14-4-6(10)7-8(11)12-5-13-9(7)14/h1,4-5H,3H2,(H2,11,12,13). The summed E-state index contributed by atoms with van der Waals surface area (Å²) in [6.07, 6.45) is 8.62. The Morgan fingerprint density at radius 3 is 3.07 bits per heavy atom. The molecule has 14 heavy (non-hydrogen) atoms. The van der Waals surface area contributed by atoms with Crippen molar-refractivity contribution < 1.29 is 0 Å². The first kappa shape index (κ1) is 9.27. The Hall–Kier alpha value is -1.29. The van der Waals surface area contributed by atoms with E-state index < -0.39 is 0 Å². The van der Waals surface area contributed by atoms with Gasteiger partial charge < -0.3 is 10.3 Å². The van der Waals surface area contributed by atoms with Gasteiger partial charge in [-0.05, 0) is 22.6 Å². The average molecular weight is 298 g/mol. The van der Waals surface area contributed by atoms with E-state index in [1.807, 2.05) is 10.8 Å². The molecule has 0 bridgehead atoms. The average Bonchev–Trinajstić information content (AvgIpc) is 2.46. The van der Waals surface area contributed by atoms with Crippen molar-refractivity contribution in [2.45, 2.75) is 6.54 Å². The number of fused-ring (bicyclic) bond motifs is 1. The summed E-state index contributed by atoms with van der Waals surface area (Å²) < 4.78 is 2.90. The molecule has 0 atom stereocenters. The number of hydrogen-bond acceptors (Lipinski definition) is 3. The number of halogens is 1. The van der Waals surface area contributed by atoms with Crippen LogP contribution in [0.4, 0.5) is 5.82 Å². The van der Waals surface area contributed by atoms with Crippen LogP contribution in [0.1, 0.15) is 0 Å². The van der Waals surface area contributed by atoms with Crippen molar-refractivity contribution in [3.05, 3.63) is 16.1 Å². The Bertz CT molecular complexity index is 523. The largest absolute Gasteiger partial charge is 0.383 e. The fourth-order valence-corrected chi connectivity index (χ4v) is 2.17. The predicted molar refractivity (Wildman–Crippen MR) is 63.5 cm³/mol. The predicted octanol–water partition coefficient (Wildman–Crippen LogP) is 1.25. The molecule has 0 aliphatic rings. The number of hydrogen-bond donors (Lipinski definition) is 1. The second-order valence-corrected chi connectivity index (χ2v) is 3.93. The fraction of sp³-hybridized carbons (Fsp3) is 0.111. The molecule has 2 aromatic heterocycles. The van der Waals surface area contributed by atoms with E-state index in [0.717, 1.165) is 14.6 Å². The minimum atomic E-state index is 0.496. The quantitative estimate of drug-likeness (QED) is 0.637. The van der Waals surface area contributed by atoms with E-state index in [0.29, 0.717) is 12.4 Å². The summed E-state index contributed by atoms with van der Waals surface area (Å²) in [4.78, 5) is 8.09. The van der Waals surface area contributed by atoms with E-state index in [1.165, 1.54) is 6.33 Å². The van der Waals surface area contributed by atoms with Crippen LogP contribution in [0, 0.1) is 15.9 Å². The lowest BCUT2D eigenvalue weighted by atomic mass is 10.4. The number of nitrogens with two attached hydrogens (primary N) is 1. The molecule has 0 unspecified atom stereocenters. The van der Waals surface area contributed by atoms with Crippen molar-refractivity contribution in [2.75, 3.05) is 5.73 Å². The van der Waals surface area contributed by atoms with Crippen molar-refractivity contribution in [1.29, 1.82) is 0 Å². The first-order chi connectivity index (χ1) is 6.74. The number of aromatic nitrogens is 3. The van der Waals surface area contributed by atoms with Crippen LogP contribution in [0.15, 0.2) is 12.5 Å². The van der Waals surface area contributed by atoms with Crippen molar-refractivity contribution in [2.24, 2.45) is 0 Å². The summed E-state index contributed by atoms with van der Waals surface area (Å²) in [5.74, 6) is 3.06. The Morgan fingerprint density at radius 1 is 1.57 bits per heavy atom. The molecule has 0 saturated carbocycles. The van der Waals surface area contributed by atoms with Gasteiger partial charge in [0.25, 0.3) is 0 Å². The molecule has 0 fully saturated rings. The lowest BCUT2D eigenvalue weighted by molar-refractivity contribution is 0.867. The molecule has 0 amide bonds. The molecule has 2 rings (SSSR count). The maximum atomic E-state index is 5.75. The first-order valence-corrected chi connectivity index (χ1v) is 5.00. The Labute approximate surface area is 94.7 Å². The first-order valence-electron chi connectivity index (χ1n) is 3.92. The van der Waals surface area contributed by atoms with Crippen LogP contribution in [0.3, 0.4) is 0 Å². The Morgan fingerprint density at radius 2 is 2.36 bits per heavy atom. The molecule has 0 radical (unpaired) electrons. The number of nitrogen functional groups attached to an aromatic ring is 1. The highest BCUT2D eigenvalue weighted by atomic mass is 127. The molecule has 0 spiro atoms. The van der Waals surface area contributed by atoms with E-state index in [2.05, 4.69) is 38.5 Å². The van der Waals surface area contributed by atoms with Gasteiger partial charge in [0, 0.05) is 9.77 Å². The normalized spacial score (nSPS) is 10.3. The maximum Gasteiger partial charge on any atom is 0.147 e. The van der Waals surface area contributed by atoms with Gasteiger partial charge in [0.1, 0.15) is 17.8 Å². The smallest absolute Gasteiger partial charge is 0.147 e. The van der Waals surface area contributed by atoms with Crippen LogP contribution >= 0.6 is 22.6 Å². The van der Waals surface area contributed by atoms with Crippen LogP contribution in [0.5, 0.6) is 0 Å². The highest BCUT2D eigenvalue weighted by Crippen LogP contribution is 2.24. The molecule has 0 aliphatic carbocycles. The second kappa shape index (κ2) is 3.46. The Balaban J connectivity index is 2.79. The van der Waals surface area contributed by atoms with Gasteiger partial charge in [-0.3, -0.25) is 0 Å². The highest BCUT2D eigenvalue weighted by molar-refractivity contribution is 14.1. The molecule has 2 heterocycles. The van der Waals surface area contributed by atoms with Crippen molar-refractivity contribution in [3.8, 4) is 12.3 Å². The number of anilines is 1. The summed E-state index contributed by atoms with van der Waals surface area (Å²) in [5.41, 5.74) is 6.54. The summed E-state index contributed by atoms with van der Waals surface area (Å²) in [5, 5.41) is 0.878. The van der Waals surface area contributed by atoms with Gasteiger partial charge in [-0.15, -0.1) is 6.42 Å². The molecule has 5 heteroatoms. The molecular weight excluding hydrogens is 291 g/mol. The molecule has 2 N–H and O–H groups in total. The molecule has 2 aromatic rings. The zero-order valence-electron chi connectivity index (χ0n) is 7.24. The SMILES string of the molecule is C#CCn1cc(I)c2c(N)ncnc21. The molecule has 4 nitrogen and oxygen atoms in total. The van der Waals surface area contributed by atoms with Gasteiger partial charge in [0.2, 0.25) is 0 Å². The van der Waals surface area contributed by atoms with Gasteiger partial charge in [-0.25, -0.2) is 9.97 Å². The fourth-order valence-electron chi connectivity index (χ4n) is 1.32. The van der Waals surface area contributed by atoms with E-state index >= 15 is 0 Å². The summed E-state index contributed by atoms with van der Waals surface area (Å²) in [6.45, 7) is 0.496. The van der Waals surface area contributed by atoms with Gasteiger partial charge in [0.15, 0.2) is 0 Å². The van der Waals surface area contributed by atoms with Gasteiger partial charge >= 0.3 is 0 Å². The third kappa shape index (κ3) is 1.32. The Kier molecular flexibility index (Phi) is 2.29. The molecule has 0 aromatic carbocycles. The van der Waals surface area contributed by atoms with Crippen molar-refractivity contribution in [3.63, 3.8) is 0 Å². The second-order valence-electron chi connectivity index (χ2n) is 2.77. The number of terminal acetylenes is 1. The third-order valence-electron chi connectivity index (χ3n) is 1.90. The lowest BCUT2D eigenvalue weighted by Gasteiger charge is -1.98. The zero-order chi connectivity index (χ0) is 10.1. The van der Waals surface area contributed by atoms with Gasteiger partial charge in [0.05, 0.1) is 11.9 Å². The van der Waals surface area contributed by atoms with Crippen molar-refractivity contribution in [1.82, 2.24) is 14.5 Å². The number of nitrogens with zero attached hydrogens (tertiary/aromatic N) is 3. The zero-order valence-corrected chi connectivity index (χ0v) is 9.39. The van der Waals surface area contributed by atoms with Gasteiger partial charge in [-0.2, -0.15) is 0 Å². The topological polar surface area (TPSA) is 56.7 Å². The van der Waals surface area contributed by atoms with Crippen LogP contribution in [0.25, 0.3) is 11.0 Å². The summed E-state index contributed by atoms with van der Waals surface area (Å²) in [7, 11) is 0. The van der Waals surface area contributed by atoms with Crippen LogP contribution in [0.2, 0.25) is 0 Å². The van der Waals surface area contributed by atoms with E-state index in [4.69, 9.17) is 12.2 Å². The highest BCUT2D eigenvalue weighted by Gasteiger charge is 2.10.